The summed E-state index contributed by atoms with van der Waals surface area (Å²) in [4.78, 5) is 25.2. The standard InChI is InChI=1S/C26H19FN6OS/c1-2-24(34)29-15-10-14(12-28-13-15)18-6-7-20-25(31-18)26(33-32-20)21-11-17-16(4-3-5-19(17)30-21)22-8-9-23(27)35-22/h3-13,30H,2H2,1H3,(H,29,34)(H,32,33). The summed E-state index contributed by atoms with van der Waals surface area (Å²) < 4.78 is 13.7. The number of nitrogens with zero attached hydrogens (tertiary/aromatic N) is 3. The van der Waals surface area contributed by atoms with E-state index in [0.717, 1.165) is 49.5 Å². The molecule has 9 heteroatoms. The maximum absolute atomic E-state index is 13.7. The number of anilines is 1. The lowest BCUT2D eigenvalue weighted by molar-refractivity contribution is -0.115. The Balaban J connectivity index is 1.43. The molecule has 0 atom stereocenters. The Labute approximate surface area is 203 Å². The highest BCUT2D eigenvalue weighted by Gasteiger charge is 2.16. The van der Waals surface area contributed by atoms with E-state index < -0.39 is 0 Å². The number of aromatic nitrogens is 5. The fourth-order valence-electron chi connectivity index (χ4n) is 4.10. The van der Waals surface area contributed by atoms with Crippen LogP contribution in [0, 0.1) is 5.13 Å². The van der Waals surface area contributed by atoms with E-state index in [4.69, 9.17) is 4.98 Å². The highest BCUT2D eigenvalue weighted by molar-refractivity contribution is 7.14. The number of fused-ring (bicyclic) bond motifs is 2. The van der Waals surface area contributed by atoms with Gasteiger partial charge < -0.3 is 10.3 Å². The van der Waals surface area contributed by atoms with Crippen molar-refractivity contribution in [3.63, 3.8) is 0 Å². The number of thiophene rings is 1. The third-order valence-electron chi connectivity index (χ3n) is 5.80. The zero-order valence-corrected chi connectivity index (χ0v) is 19.4. The third kappa shape index (κ3) is 3.85. The van der Waals surface area contributed by atoms with Gasteiger partial charge in [-0.2, -0.15) is 9.49 Å². The molecule has 0 aliphatic carbocycles. The molecule has 6 aromatic rings. The molecule has 7 nitrogen and oxygen atoms in total. The van der Waals surface area contributed by atoms with Crippen LogP contribution in [-0.2, 0) is 4.79 Å². The predicted octanol–water partition coefficient (Wildman–Crippen LogP) is 6.38. The molecule has 1 aromatic carbocycles. The van der Waals surface area contributed by atoms with Crippen LogP contribution >= 0.6 is 11.3 Å². The molecule has 5 heterocycles. The highest BCUT2D eigenvalue weighted by Crippen LogP contribution is 2.36. The van der Waals surface area contributed by atoms with E-state index in [9.17, 15) is 9.18 Å². The summed E-state index contributed by atoms with van der Waals surface area (Å²) in [6.45, 7) is 1.80. The molecular weight excluding hydrogens is 463 g/mol. The van der Waals surface area contributed by atoms with Gasteiger partial charge in [-0.25, -0.2) is 4.98 Å². The Kier molecular flexibility index (Phi) is 5.11. The number of rotatable bonds is 5. The lowest BCUT2D eigenvalue weighted by Crippen LogP contribution is -2.09. The quantitative estimate of drug-likeness (QED) is 0.265. The maximum Gasteiger partial charge on any atom is 0.224 e. The molecule has 0 aliphatic heterocycles. The van der Waals surface area contributed by atoms with E-state index in [1.54, 1.807) is 25.4 Å². The Bertz CT molecular complexity index is 1720. The Hall–Kier alpha value is -4.37. The van der Waals surface area contributed by atoms with Gasteiger partial charge in [-0.05, 0) is 42.5 Å². The van der Waals surface area contributed by atoms with Crippen molar-refractivity contribution in [1.82, 2.24) is 25.1 Å². The molecule has 172 valence electrons. The van der Waals surface area contributed by atoms with E-state index in [2.05, 4.69) is 25.5 Å². The van der Waals surface area contributed by atoms with Crippen molar-refractivity contribution in [3.05, 3.63) is 72.1 Å². The van der Waals surface area contributed by atoms with Gasteiger partial charge in [0.2, 0.25) is 5.91 Å². The van der Waals surface area contributed by atoms with Crippen molar-refractivity contribution in [3.8, 4) is 33.1 Å². The van der Waals surface area contributed by atoms with Gasteiger partial charge in [0.1, 0.15) is 11.2 Å². The first-order valence-electron chi connectivity index (χ1n) is 11.1. The van der Waals surface area contributed by atoms with Crippen LogP contribution < -0.4 is 5.32 Å². The second kappa shape index (κ2) is 8.44. The summed E-state index contributed by atoms with van der Waals surface area (Å²) >= 11 is 1.12. The van der Waals surface area contributed by atoms with Crippen LogP contribution in [0.25, 0.3) is 55.0 Å². The first kappa shape index (κ1) is 21.2. The molecular formula is C26H19FN6OS. The number of amides is 1. The molecule has 0 spiro atoms. The second-order valence-electron chi connectivity index (χ2n) is 8.08. The highest BCUT2D eigenvalue weighted by atomic mass is 32.1. The van der Waals surface area contributed by atoms with E-state index in [1.165, 1.54) is 6.07 Å². The lowest BCUT2D eigenvalue weighted by Gasteiger charge is -2.06. The first-order valence-corrected chi connectivity index (χ1v) is 11.9. The summed E-state index contributed by atoms with van der Waals surface area (Å²) in [6, 6.07) is 16.9. The van der Waals surface area contributed by atoms with Crippen LogP contribution in [0.3, 0.4) is 0 Å². The Morgan fingerprint density at radius 3 is 2.83 bits per heavy atom. The van der Waals surface area contributed by atoms with Gasteiger partial charge in [-0.15, -0.1) is 11.3 Å². The minimum atomic E-state index is -0.212. The number of aromatic amines is 2. The minimum Gasteiger partial charge on any atom is -0.353 e. The molecule has 0 aliphatic rings. The number of hydrogen-bond donors (Lipinski definition) is 3. The van der Waals surface area contributed by atoms with E-state index in [1.807, 2.05) is 42.5 Å². The van der Waals surface area contributed by atoms with Crippen molar-refractivity contribution in [2.24, 2.45) is 0 Å². The largest absolute Gasteiger partial charge is 0.353 e. The number of carbonyl (C=O) groups excluding carboxylic acids is 1. The zero-order chi connectivity index (χ0) is 23.9. The van der Waals surface area contributed by atoms with E-state index in [-0.39, 0.29) is 11.0 Å². The van der Waals surface area contributed by atoms with Crippen LogP contribution in [0.2, 0.25) is 0 Å². The fraction of sp³-hybridized carbons (Fsp3) is 0.0769. The number of halogens is 1. The molecule has 0 fully saturated rings. The number of benzene rings is 1. The molecule has 35 heavy (non-hydrogen) atoms. The SMILES string of the molecule is CCC(=O)Nc1cncc(-c2ccc3[nH]nc(-c4cc5c(-c6ccc(F)s6)cccc5[nH]4)c3n2)c1. The third-order valence-corrected chi connectivity index (χ3v) is 6.71. The second-order valence-corrected chi connectivity index (χ2v) is 9.12. The van der Waals surface area contributed by atoms with Gasteiger partial charge in [0, 0.05) is 39.5 Å². The number of nitrogens with one attached hydrogen (secondary N) is 3. The van der Waals surface area contributed by atoms with E-state index in [0.29, 0.717) is 29.0 Å². The molecule has 0 unspecified atom stereocenters. The molecule has 3 N–H and O–H groups in total. The Morgan fingerprint density at radius 2 is 2.00 bits per heavy atom. The lowest BCUT2D eigenvalue weighted by atomic mass is 10.1. The maximum atomic E-state index is 13.7. The van der Waals surface area contributed by atoms with Gasteiger partial charge in [0.25, 0.3) is 0 Å². The topological polar surface area (TPSA) is 99.4 Å². The molecule has 0 saturated heterocycles. The van der Waals surface area contributed by atoms with Crippen LogP contribution in [0.4, 0.5) is 10.1 Å². The number of pyridine rings is 2. The van der Waals surface area contributed by atoms with Crippen molar-refractivity contribution in [2.45, 2.75) is 13.3 Å². The monoisotopic (exact) mass is 482 g/mol. The minimum absolute atomic E-state index is 0.0760. The number of carbonyl (C=O) groups is 1. The van der Waals surface area contributed by atoms with Crippen molar-refractivity contribution in [2.75, 3.05) is 5.32 Å². The van der Waals surface area contributed by atoms with Gasteiger partial charge in [0.15, 0.2) is 5.13 Å². The zero-order valence-electron chi connectivity index (χ0n) is 18.6. The first-order chi connectivity index (χ1) is 17.1. The van der Waals surface area contributed by atoms with Gasteiger partial charge in [-0.1, -0.05) is 19.1 Å². The average Bonchev–Trinajstić information content (AvgIpc) is 3.61. The molecule has 6 rings (SSSR count). The van der Waals surface area contributed by atoms with Crippen molar-refractivity contribution < 1.29 is 9.18 Å². The van der Waals surface area contributed by atoms with Gasteiger partial charge in [-0.3, -0.25) is 14.9 Å². The van der Waals surface area contributed by atoms with Gasteiger partial charge >= 0.3 is 0 Å². The molecule has 1 amide bonds. The van der Waals surface area contributed by atoms with Crippen molar-refractivity contribution in [1.29, 1.82) is 0 Å². The summed E-state index contributed by atoms with van der Waals surface area (Å²) in [5.41, 5.74) is 7.01. The normalized spacial score (nSPS) is 11.4. The fourth-order valence-corrected chi connectivity index (χ4v) is 4.87. The van der Waals surface area contributed by atoms with Crippen LogP contribution in [0.1, 0.15) is 13.3 Å². The van der Waals surface area contributed by atoms with Crippen LogP contribution in [0.5, 0.6) is 0 Å². The molecule has 0 radical (unpaired) electrons. The number of hydrogen-bond acceptors (Lipinski definition) is 5. The summed E-state index contributed by atoms with van der Waals surface area (Å²) in [6.07, 6.45) is 3.71. The van der Waals surface area contributed by atoms with Crippen LogP contribution in [-0.4, -0.2) is 31.1 Å². The molecule has 0 bridgehead atoms. The summed E-state index contributed by atoms with van der Waals surface area (Å²) in [5.74, 6) is -0.0760. The summed E-state index contributed by atoms with van der Waals surface area (Å²) in [7, 11) is 0. The van der Waals surface area contributed by atoms with Crippen LogP contribution in [0.15, 0.2) is 67.0 Å². The van der Waals surface area contributed by atoms with Crippen molar-refractivity contribution >= 4 is 44.9 Å². The van der Waals surface area contributed by atoms with E-state index >= 15 is 0 Å². The number of H-pyrrole nitrogens is 2. The molecule has 5 aromatic heterocycles. The smallest absolute Gasteiger partial charge is 0.224 e. The average molecular weight is 483 g/mol. The van der Waals surface area contributed by atoms with Gasteiger partial charge in [0.05, 0.1) is 28.8 Å². The predicted molar refractivity (Wildman–Crippen MR) is 137 cm³/mol. The molecule has 0 saturated carbocycles. The summed E-state index contributed by atoms with van der Waals surface area (Å²) in [5, 5.41) is 11.2. The Morgan fingerprint density at radius 1 is 1.09 bits per heavy atom.